The van der Waals surface area contributed by atoms with E-state index < -0.39 is 0 Å². The maximum Gasteiger partial charge on any atom is 0.258 e. The van der Waals surface area contributed by atoms with Crippen molar-refractivity contribution < 1.29 is 4.74 Å². The van der Waals surface area contributed by atoms with Gasteiger partial charge in [0.1, 0.15) is 23.1 Å². The molecule has 0 spiro atoms. The molecule has 10 aromatic rings. The summed E-state index contributed by atoms with van der Waals surface area (Å²) >= 11 is 0. The first-order valence-corrected chi connectivity index (χ1v) is 29.6. The Bertz CT molecular complexity index is 4300. The predicted molar refractivity (Wildman–Crippen MR) is 343 cm³/mol. The number of ether oxygens (including phenoxy) is 1. The number of hydrogen-bond donors (Lipinski definition) is 0. The quantitative estimate of drug-likeness (QED) is 0.160. The lowest BCUT2D eigenvalue weighted by molar-refractivity contribution is 0.332. The molecule has 0 unspecified atom stereocenters. The van der Waals surface area contributed by atoms with Crippen LogP contribution >= 0.6 is 0 Å². The van der Waals surface area contributed by atoms with Crippen LogP contribution in [0.25, 0.3) is 22.5 Å². The summed E-state index contributed by atoms with van der Waals surface area (Å²) in [5, 5.41) is 0. The molecule has 2 aromatic heterocycles. The molecular weight excluding hydrogens is 996 g/mol. The third kappa shape index (κ3) is 7.22. The maximum absolute atomic E-state index is 7.63. The van der Waals surface area contributed by atoms with Crippen LogP contribution in [0.5, 0.6) is 11.5 Å². The van der Waals surface area contributed by atoms with Crippen LogP contribution < -0.4 is 52.2 Å². The largest absolute Gasteiger partial charge is 0.458 e. The minimum absolute atomic E-state index is 0.0289. The van der Waals surface area contributed by atoms with Crippen LogP contribution in [0.2, 0.25) is 0 Å². The number of rotatable bonds is 5. The van der Waals surface area contributed by atoms with E-state index in [-0.39, 0.29) is 35.1 Å². The number of fused-ring (bicyclic) bond motifs is 10. The molecule has 0 N–H and O–H groups in total. The van der Waals surface area contributed by atoms with Crippen LogP contribution in [-0.2, 0) is 21.7 Å². The molecule has 0 radical (unpaired) electrons. The summed E-state index contributed by atoms with van der Waals surface area (Å²) in [5.41, 5.74) is 24.8. The highest BCUT2D eigenvalue weighted by molar-refractivity contribution is 7.02. The first-order valence-electron chi connectivity index (χ1n) is 29.6. The Morgan fingerprint density at radius 3 is 1.28 bits per heavy atom. The van der Waals surface area contributed by atoms with Gasteiger partial charge in [-0.3, -0.25) is 9.80 Å². The SMILES string of the molecule is CC1(C)CCC(C)(C)c2cc(-c3cc4c5c(n3)N(c3ccccc3)c3ccccc3B5c3cc5c(cc3O4)N(c3ccccc3)c3cc(-c4ccc6c(c4)C(C)(C)CCC6(C)C)nc4c3B5c3ccccc3N4c3ccccc3)ccc21. The van der Waals surface area contributed by atoms with Crippen molar-refractivity contribution >= 4 is 97.6 Å². The monoisotopic (exact) mass is 1060 g/mol. The Kier molecular flexibility index (Phi) is 10.5. The Morgan fingerprint density at radius 2 is 0.768 bits per heavy atom. The second kappa shape index (κ2) is 17.5. The van der Waals surface area contributed by atoms with Crippen molar-refractivity contribution in [1.29, 1.82) is 0 Å². The minimum atomic E-state index is -0.176. The van der Waals surface area contributed by atoms with Crippen LogP contribution in [-0.4, -0.2) is 23.4 Å². The second-order valence-corrected chi connectivity index (χ2v) is 26.6. The van der Waals surface area contributed by atoms with Gasteiger partial charge in [-0.25, -0.2) is 9.97 Å². The van der Waals surface area contributed by atoms with E-state index in [2.05, 4.69) is 270 Å². The maximum atomic E-state index is 7.63. The molecule has 0 bridgehead atoms. The van der Waals surface area contributed by atoms with Crippen LogP contribution in [0, 0.1) is 0 Å². The van der Waals surface area contributed by atoms with Gasteiger partial charge in [0, 0.05) is 68.5 Å². The van der Waals surface area contributed by atoms with Crippen LogP contribution in [0.15, 0.2) is 200 Å². The van der Waals surface area contributed by atoms with Crippen molar-refractivity contribution in [3.63, 3.8) is 0 Å². The van der Waals surface area contributed by atoms with Gasteiger partial charge in [-0.1, -0.05) is 177 Å². The van der Waals surface area contributed by atoms with E-state index in [1.807, 2.05) is 0 Å². The number of anilines is 9. The zero-order valence-electron chi connectivity index (χ0n) is 48.2. The molecule has 0 saturated carbocycles. The highest BCUT2D eigenvalue weighted by Gasteiger charge is 2.49. The van der Waals surface area contributed by atoms with Gasteiger partial charge in [0.05, 0.1) is 11.4 Å². The van der Waals surface area contributed by atoms with Gasteiger partial charge < -0.3 is 9.64 Å². The Hall–Kier alpha value is -8.61. The summed E-state index contributed by atoms with van der Waals surface area (Å²) in [5.74, 6) is 3.53. The van der Waals surface area contributed by atoms with Crippen LogP contribution in [0.4, 0.5) is 51.4 Å². The summed E-state index contributed by atoms with van der Waals surface area (Å²) in [6.07, 6.45) is 4.59. The molecule has 0 saturated heterocycles. The molecule has 16 rings (SSSR count). The van der Waals surface area contributed by atoms with Gasteiger partial charge in [0.2, 0.25) is 0 Å². The summed E-state index contributed by atoms with van der Waals surface area (Å²) in [6, 6.07) is 74.4. The van der Waals surface area contributed by atoms with E-state index >= 15 is 0 Å². The smallest absolute Gasteiger partial charge is 0.258 e. The fourth-order valence-electron chi connectivity index (χ4n) is 15.2. The number of aromatic nitrogens is 2. The molecule has 0 atom stereocenters. The number of para-hydroxylation sites is 5. The average Bonchev–Trinajstić information content (AvgIpc) is 3.60. The first kappa shape index (κ1) is 49.2. The van der Waals surface area contributed by atoms with Crippen molar-refractivity contribution in [2.45, 2.75) is 103 Å². The molecule has 6 aliphatic rings. The molecule has 6 heterocycles. The molecule has 8 aromatic carbocycles. The van der Waals surface area contributed by atoms with Crippen molar-refractivity contribution in [2.24, 2.45) is 0 Å². The molecule has 6 nitrogen and oxygen atoms in total. The Morgan fingerprint density at radius 1 is 0.341 bits per heavy atom. The zero-order valence-corrected chi connectivity index (χ0v) is 48.2. The molecule has 398 valence electrons. The summed E-state index contributed by atoms with van der Waals surface area (Å²) in [7, 11) is 0. The minimum Gasteiger partial charge on any atom is -0.458 e. The third-order valence-corrected chi connectivity index (χ3v) is 19.8. The Labute approximate surface area is 483 Å². The molecule has 4 aliphatic heterocycles. The topological polar surface area (TPSA) is 44.7 Å². The molecule has 8 heteroatoms. The zero-order chi connectivity index (χ0) is 55.6. The van der Waals surface area contributed by atoms with E-state index in [9.17, 15) is 0 Å². The lowest BCUT2D eigenvalue weighted by Crippen LogP contribution is -2.64. The lowest BCUT2D eigenvalue weighted by Gasteiger charge is -2.45. The lowest BCUT2D eigenvalue weighted by atomic mass is 9.31. The molecule has 0 fully saturated rings. The van der Waals surface area contributed by atoms with E-state index in [1.54, 1.807) is 0 Å². The normalized spacial score (nSPS) is 17.4. The summed E-state index contributed by atoms with van der Waals surface area (Å²) in [6.45, 7) is 18.9. The van der Waals surface area contributed by atoms with Gasteiger partial charge in [-0.05, 0) is 164 Å². The number of nitrogens with zero attached hydrogens (tertiary/aromatic N) is 5. The van der Waals surface area contributed by atoms with Crippen LogP contribution in [0.1, 0.15) is 103 Å². The summed E-state index contributed by atoms with van der Waals surface area (Å²) in [4.78, 5) is 19.0. The van der Waals surface area contributed by atoms with E-state index in [1.165, 1.54) is 44.1 Å². The molecular formula is C74H65B2N5O. The Balaban J connectivity index is 0.959. The van der Waals surface area contributed by atoms with Gasteiger partial charge in [-0.15, -0.1) is 0 Å². The fourth-order valence-corrected chi connectivity index (χ4v) is 15.2. The fraction of sp³-hybridized carbons (Fsp3) is 0.216. The average molecular weight is 1060 g/mol. The highest BCUT2D eigenvalue weighted by atomic mass is 16.5. The third-order valence-electron chi connectivity index (χ3n) is 19.8. The predicted octanol–water partition coefficient (Wildman–Crippen LogP) is 15.0. The van der Waals surface area contributed by atoms with E-state index in [0.29, 0.717) is 0 Å². The van der Waals surface area contributed by atoms with Crippen LogP contribution in [0.3, 0.4) is 0 Å². The first-order chi connectivity index (χ1) is 39.6. The van der Waals surface area contributed by atoms with E-state index in [4.69, 9.17) is 14.7 Å². The molecule has 0 amide bonds. The summed E-state index contributed by atoms with van der Waals surface area (Å²) < 4.78 is 7.63. The van der Waals surface area contributed by atoms with Crippen molar-refractivity contribution in [3.05, 3.63) is 222 Å². The molecule has 2 aliphatic carbocycles. The highest BCUT2D eigenvalue weighted by Crippen LogP contribution is 2.52. The standard InChI is InChI=1S/C74H65B2N5O/c1-71(2)36-38-73(5,6)53-40-46(32-34-51(53)71)59-43-64-67-69(77-59)80(49-24-14-10-15-25-49)61-30-20-18-28-55(61)75(67)57-42-58-65(45-63(57)79(64)48-22-12-9-13-23-48)82-66-44-60(47-33-35-52-54(41-47)74(7,8)39-37-72(52,3)4)78-70-68(66)76(58)56-29-19-21-31-62(56)81(70)50-26-16-11-17-27-50/h9-35,40-45H,36-39H2,1-8H3. The van der Waals surface area contributed by atoms with Crippen molar-refractivity contribution in [2.75, 3.05) is 14.7 Å². The second-order valence-electron chi connectivity index (χ2n) is 26.6. The van der Waals surface area contributed by atoms with E-state index in [0.717, 1.165) is 122 Å². The number of pyridine rings is 2. The number of hydrogen-bond acceptors (Lipinski definition) is 6. The van der Waals surface area contributed by atoms with Gasteiger partial charge in [-0.2, -0.15) is 0 Å². The van der Waals surface area contributed by atoms with Gasteiger partial charge in [0.25, 0.3) is 13.4 Å². The van der Waals surface area contributed by atoms with Crippen molar-refractivity contribution in [1.82, 2.24) is 9.97 Å². The van der Waals surface area contributed by atoms with Crippen molar-refractivity contribution in [3.8, 4) is 34.0 Å². The molecule has 82 heavy (non-hydrogen) atoms. The van der Waals surface area contributed by atoms with Gasteiger partial charge in [0.15, 0.2) is 0 Å². The van der Waals surface area contributed by atoms with Gasteiger partial charge >= 0.3 is 0 Å². The number of benzene rings is 8.